The Labute approximate surface area is 122 Å². The highest BCUT2D eigenvalue weighted by Crippen LogP contribution is 2.19. The molecule has 0 fully saturated rings. The van der Waals surface area contributed by atoms with Gasteiger partial charge in [-0.25, -0.2) is 18.2 Å². The van der Waals surface area contributed by atoms with E-state index in [9.17, 15) is 13.2 Å². The van der Waals surface area contributed by atoms with E-state index >= 15 is 0 Å². The number of pyridine rings is 1. The van der Waals surface area contributed by atoms with Gasteiger partial charge < -0.3 is 5.11 Å². The highest BCUT2D eigenvalue weighted by atomic mass is 32.2. The minimum absolute atomic E-state index is 0.0126. The number of aromatic nitrogens is 1. The van der Waals surface area contributed by atoms with Crippen LogP contribution in [0.3, 0.4) is 0 Å². The van der Waals surface area contributed by atoms with Crippen molar-refractivity contribution in [2.24, 2.45) is 0 Å². The van der Waals surface area contributed by atoms with Crippen LogP contribution in [0.4, 0.5) is 5.82 Å². The number of carboxylic acids is 1. The number of rotatable bonds is 5. The number of nitrogens with zero attached hydrogens (tertiary/aromatic N) is 1. The Morgan fingerprint density at radius 1 is 1.29 bits per heavy atom. The van der Waals surface area contributed by atoms with Crippen LogP contribution >= 0.6 is 0 Å². The van der Waals surface area contributed by atoms with E-state index in [1.807, 2.05) is 6.92 Å². The van der Waals surface area contributed by atoms with Gasteiger partial charge in [-0.05, 0) is 36.2 Å². The molecule has 2 N–H and O–H groups in total. The van der Waals surface area contributed by atoms with Gasteiger partial charge >= 0.3 is 5.97 Å². The van der Waals surface area contributed by atoms with E-state index < -0.39 is 16.0 Å². The monoisotopic (exact) mass is 306 g/mol. The van der Waals surface area contributed by atoms with Gasteiger partial charge in [-0.15, -0.1) is 0 Å². The van der Waals surface area contributed by atoms with Crippen molar-refractivity contribution in [1.29, 1.82) is 0 Å². The summed E-state index contributed by atoms with van der Waals surface area (Å²) in [5.74, 6) is -0.976. The van der Waals surface area contributed by atoms with Crippen molar-refractivity contribution in [2.45, 2.75) is 18.2 Å². The zero-order chi connectivity index (χ0) is 15.5. The summed E-state index contributed by atoms with van der Waals surface area (Å²) in [6.07, 6.45) is 1.97. The third kappa shape index (κ3) is 3.38. The van der Waals surface area contributed by atoms with Crippen LogP contribution < -0.4 is 4.72 Å². The van der Waals surface area contributed by atoms with Crippen molar-refractivity contribution < 1.29 is 18.3 Å². The maximum Gasteiger partial charge on any atom is 0.336 e. The van der Waals surface area contributed by atoms with Gasteiger partial charge in [-0.2, -0.15) is 0 Å². The summed E-state index contributed by atoms with van der Waals surface area (Å²) in [7, 11) is -3.87. The molecule has 7 heteroatoms. The summed E-state index contributed by atoms with van der Waals surface area (Å²) in [6.45, 7) is 1.81. The van der Waals surface area contributed by atoms with Crippen molar-refractivity contribution in [2.75, 3.05) is 4.72 Å². The fourth-order valence-electron chi connectivity index (χ4n) is 1.85. The van der Waals surface area contributed by atoms with E-state index in [4.69, 9.17) is 5.11 Å². The van der Waals surface area contributed by atoms with Crippen molar-refractivity contribution in [1.82, 2.24) is 4.98 Å². The molecule has 0 unspecified atom stereocenters. The first-order valence-corrected chi connectivity index (χ1v) is 7.72. The molecule has 0 amide bonds. The first-order chi connectivity index (χ1) is 9.94. The molecule has 6 nitrogen and oxygen atoms in total. The van der Waals surface area contributed by atoms with Gasteiger partial charge in [0.25, 0.3) is 10.0 Å². The number of hydrogen-bond acceptors (Lipinski definition) is 4. The molecular formula is C14H14N2O4S. The van der Waals surface area contributed by atoms with Crippen LogP contribution in [0.25, 0.3) is 0 Å². The van der Waals surface area contributed by atoms with Crippen LogP contribution in [0.1, 0.15) is 22.8 Å². The summed E-state index contributed by atoms with van der Waals surface area (Å²) in [5, 5.41) is 9.15. The van der Waals surface area contributed by atoms with Crippen LogP contribution in [0, 0.1) is 0 Å². The average Bonchev–Trinajstić information content (AvgIpc) is 2.47. The van der Waals surface area contributed by atoms with Crippen molar-refractivity contribution in [3.8, 4) is 0 Å². The number of aromatic carboxylic acids is 1. The predicted molar refractivity (Wildman–Crippen MR) is 77.8 cm³/mol. The van der Waals surface area contributed by atoms with Gasteiger partial charge in [0.15, 0.2) is 0 Å². The van der Waals surface area contributed by atoms with Gasteiger partial charge in [0.1, 0.15) is 5.82 Å². The van der Waals surface area contributed by atoms with Crippen LogP contribution in [-0.2, 0) is 16.4 Å². The third-order valence-electron chi connectivity index (χ3n) is 2.91. The van der Waals surface area contributed by atoms with E-state index in [0.29, 0.717) is 12.0 Å². The predicted octanol–water partition coefficient (Wildman–Crippen LogP) is 2.14. The highest BCUT2D eigenvalue weighted by molar-refractivity contribution is 7.92. The van der Waals surface area contributed by atoms with E-state index in [1.165, 1.54) is 24.4 Å². The van der Waals surface area contributed by atoms with Crippen molar-refractivity contribution >= 4 is 21.8 Å². The Bertz CT molecular complexity index is 758. The normalized spacial score (nSPS) is 11.1. The van der Waals surface area contributed by atoms with E-state index in [1.54, 1.807) is 12.1 Å². The standard InChI is InChI=1S/C14H14N2O4S/c1-2-10-6-7-11(9-12(10)14(17)18)21(19,20)16-13-5-3-4-8-15-13/h3-9H,2H2,1H3,(H,15,16)(H,17,18). The minimum atomic E-state index is -3.87. The van der Waals surface area contributed by atoms with Crippen LogP contribution in [0.2, 0.25) is 0 Å². The molecule has 0 atom stereocenters. The number of carboxylic acid groups (broad SMARTS) is 1. The molecule has 0 spiro atoms. The fraction of sp³-hybridized carbons (Fsp3) is 0.143. The molecule has 2 aromatic rings. The third-order valence-corrected chi connectivity index (χ3v) is 4.26. The van der Waals surface area contributed by atoms with Gasteiger partial charge in [-0.1, -0.05) is 19.1 Å². The number of anilines is 1. The Morgan fingerprint density at radius 3 is 2.62 bits per heavy atom. The first-order valence-electron chi connectivity index (χ1n) is 6.24. The molecule has 1 aromatic heterocycles. The Balaban J connectivity index is 2.41. The first kappa shape index (κ1) is 15.0. The maximum absolute atomic E-state index is 12.2. The second-order valence-electron chi connectivity index (χ2n) is 4.30. The largest absolute Gasteiger partial charge is 0.478 e. The van der Waals surface area contributed by atoms with Gasteiger partial charge in [-0.3, -0.25) is 4.72 Å². The second kappa shape index (κ2) is 5.92. The number of carbonyl (C=O) groups is 1. The molecular weight excluding hydrogens is 292 g/mol. The molecule has 1 aromatic carbocycles. The summed E-state index contributed by atoms with van der Waals surface area (Å²) in [5.41, 5.74) is 0.570. The van der Waals surface area contributed by atoms with E-state index in [-0.39, 0.29) is 16.3 Å². The molecule has 2 rings (SSSR count). The quantitative estimate of drug-likeness (QED) is 0.882. The van der Waals surface area contributed by atoms with Crippen LogP contribution in [-0.4, -0.2) is 24.5 Å². The Morgan fingerprint density at radius 2 is 2.05 bits per heavy atom. The maximum atomic E-state index is 12.2. The van der Waals surface area contributed by atoms with Crippen molar-refractivity contribution in [3.63, 3.8) is 0 Å². The zero-order valence-corrected chi connectivity index (χ0v) is 12.1. The van der Waals surface area contributed by atoms with Gasteiger partial charge in [0, 0.05) is 6.20 Å². The summed E-state index contributed by atoms with van der Waals surface area (Å²) in [6, 6.07) is 8.87. The topological polar surface area (TPSA) is 96.4 Å². The molecule has 0 aliphatic rings. The Kier molecular flexibility index (Phi) is 4.23. The molecule has 0 aliphatic heterocycles. The lowest BCUT2D eigenvalue weighted by Crippen LogP contribution is -2.15. The molecule has 0 aliphatic carbocycles. The van der Waals surface area contributed by atoms with Crippen LogP contribution in [0.5, 0.6) is 0 Å². The number of sulfonamides is 1. The van der Waals surface area contributed by atoms with Crippen molar-refractivity contribution in [3.05, 3.63) is 53.7 Å². The zero-order valence-electron chi connectivity index (χ0n) is 11.3. The van der Waals surface area contributed by atoms with Gasteiger partial charge in [0.05, 0.1) is 10.5 Å². The van der Waals surface area contributed by atoms with Gasteiger partial charge in [0.2, 0.25) is 0 Å². The molecule has 110 valence electrons. The fourth-order valence-corrected chi connectivity index (χ4v) is 2.88. The molecule has 0 bridgehead atoms. The number of aryl methyl sites for hydroxylation is 1. The molecule has 21 heavy (non-hydrogen) atoms. The van der Waals surface area contributed by atoms with E-state index in [2.05, 4.69) is 9.71 Å². The second-order valence-corrected chi connectivity index (χ2v) is 5.98. The Hall–Kier alpha value is -2.41. The summed E-state index contributed by atoms with van der Waals surface area (Å²) < 4.78 is 26.8. The lowest BCUT2D eigenvalue weighted by molar-refractivity contribution is 0.0695. The lowest BCUT2D eigenvalue weighted by Gasteiger charge is -2.09. The smallest absolute Gasteiger partial charge is 0.336 e. The summed E-state index contributed by atoms with van der Waals surface area (Å²) >= 11 is 0. The number of nitrogens with one attached hydrogen (secondary N) is 1. The lowest BCUT2D eigenvalue weighted by atomic mass is 10.1. The number of benzene rings is 1. The average molecular weight is 306 g/mol. The summed E-state index contributed by atoms with van der Waals surface area (Å²) in [4.78, 5) is 15.0. The minimum Gasteiger partial charge on any atom is -0.478 e. The molecule has 0 radical (unpaired) electrons. The molecule has 0 saturated carbocycles. The highest BCUT2D eigenvalue weighted by Gasteiger charge is 2.18. The number of hydrogen-bond donors (Lipinski definition) is 2. The molecule has 1 heterocycles. The SMILES string of the molecule is CCc1ccc(S(=O)(=O)Nc2ccccn2)cc1C(=O)O. The molecule has 0 saturated heterocycles. The van der Waals surface area contributed by atoms with E-state index in [0.717, 1.165) is 6.07 Å². The van der Waals surface area contributed by atoms with Crippen LogP contribution in [0.15, 0.2) is 47.5 Å².